The number of hydrogen-bond donors (Lipinski definition) is 0. The standard InChI is InChI=1S/C23H19O/c24-23(20-14-12-19(13-15-20)18-8-4-5-9-18)22-16-21(22)11-10-17-6-2-1-3-7-17/h1-15,21-22H,16H2/b11-10+/t21-,22-/m1/s1. The maximum Gasteiger partial charge on any atom is 0.166 e. The minimum absolute atomic E-state index is 0.148. The molecule has 0 heterocycles. The second kappa shape index (κ2) is 6.76. The first-order valence-corrected chi connectivity index (χ1v) is 8.41. The Labute approximate surface area is 144 Å². The predicted octanol–water partition coefficient (Wildman–Crippen LogP) is 4.97. The molecular formula is C23H19O. The smallest absolute Gasteiger partial charge is 0.166 e. The Bertz CT molecular complexity index is 720. The summed E-state index contributed by atoms with van der Waals surface area (Å²) >= 11 is 0. The quantitative estimate of drug-likeness (QED) is 0.712. The molecule has 0 amide bonds. The van der Waals surface area contributed by atoms with E-state index in [1.807, 2.05) is 55.3 Å². The van der Waals surface area contributed by atoms with Crippen LogP contribution in [0.25, 0.3) is 6.08 Å². The molecular weight excluding hydrogens is 292 g/mol. The van der Waals surface area contributed by atoms with E-state index in [0.29, 0.717) is 5.92 Å². The lowest BCUT2D eigenvalue weighted by molar-refractivity contribution is 0.0964. The van der Waals surface area contributed by atoms with Crippen LogP contribution in [0.4, 0.5) is 0 Å². The Morgan fingerprint density at radius 2 is 1.62 bits per heavy atom. The molecule has 117 valence electrons. The summed E-state index contributed by atoms with van der Waals surface area (Å²) in [7, 11) is 0. The molecule has 2 fully saturated rings. The van der Waals surface area contributed by atoms with Gasteiger partial charge in [0.2, 0.25) is 0 Å². The van der Waals surface area contributed by atoms with Gasteiger partial charge in [0.15, 0.2) is 5.78 Å². The Kier molecular flexibility index (Phi) is 4.34. The van der Waals surface area contributed by atoms with Crippen LogP contribution in [-0.2, 0) is 0 Å². The number of allylic oxidation sites excluding steroid dienone is 1. The topological polar surface area (TPSA) is 17.1 Å². The van der Waals surface area contributed by atoms with E-state index in [-0.39, 0.29) is 11.7 Å². The van der Waals surface area contributed by atoms with Crippen molar-refractivity contribution in [2.24, 2.45) is 11.8 Å². The van der Waals surface area contributed by atoms with Crippen LogP contribution in [0.3, 0.4) is 0 Å². The lowest BCUT2D eigenvalue weighted by atomic mass is 9.95. The fourth-order valence-corrected chi connectivity index (χ4v) is 3.14. The zero-order valence-corrected chi connectivity index (χ0v) is 13.4. The van der Waals surface area contributed by atoms with E-state index in [9.17, 15) is 4.79 Å². The van der Waals surface area contributed by atoms with Gasteiger partial charge >= 0.3 is 0 Å². The monoisotopic (exact) mass is 311 g/mol. The normalized spacial score (nSPS) is 23.7. The highest BCUT2D eigenvalue weighted by Gasteiger charge is 2.41. The second-order valence-corrected chi connectivity index (χ2v) is 6.39. The van der Waals surface area contributed by atoms with Gasteiger partial charge in [0, 0.05) is 17.4 Å². The van der Waals surface area contributed by atoms with Gasteiger partial charge in [-0.1, -0.05) is 66.7 Å². The van der Waals surface area contributed by atoms with Crippen molar-refractivity contribution >= 4 is 11.9 Å². The van der Waals surface area contributed by atoms with Crippen molar-refractivity contribution in [3.8, 4) is 0 Å². The number of carbonyl (C=O) groups excluding carboxylic acids is 1. The third-order valence-corrected chi connectivity index (χ3v) is 4.68. The summed E-state index contributed by atoms with van der Waals surface area (Å²) in [5.74, 6) is 2.00. The van der Waals surface area contributed by atoms with Gasteiger partial charge in [-0.25, -0.2) is 0 Å². The molecule has 0 N–H and O–H groups in total. The van der Waals surface area contributed by atoms with Crippen molar-refractivity contribution in [1.29, 1.82) is 0 Å². The van der Waals surface area contributed by atoms with Crippen LogP contribution in [0.1, 0.15) is 27.9 Å². The molecule has 0 aromatic heterocycles. The van der Waals surface area contributed by atoms with Crippen molar-refractivity contribution in [2.75, 3.05) is 0 Å². The molecule has 2 aliphatic carbocycles. The second-order valence-electron chi connectivity index (χ2n) is 6.39. The highest BCUT2D eigenvalue weighted by molar-refractivity contribution is 6.00. The number of benzene rings is 2. The molecule has 1 heteroatoms. The van der Waals surface area contributed by atoms with Gasteiger partial charge in [0.05, 0.1) is 0 Å². The van der Waals surface area contributed by atoms with E-state index in [0.717, 1.165) is 17.5 Å². The van der Waals surface area contributed by atoms with E-state index in [1.165, 1.54) is 11.5 Å². The van der Waals surface area contributed by atoms with Gasteiger partial charge in [-0.05, 0) is 49.1 Å². The van der Waals surface area contributed by atoms with Crippen molar-refractivity contribution in [3.05, 3.63) is 109 Å². The summed E-state index contributed by atoms with van der Waals surface area (Å²) < 4.78 is 0. The minimum atomic E-state index is 0.148. The van der Waals surface area contributed by atoms with Gasteiger partial charge in [-0.3, -0.25) is 4.79 Å². The SMILES string of the molecule is O=C(c1ccc([C]2[CH][CH][CH][CH]2)cc1)[C@@H]1C[C@H]1/C=C/c1ccccc1. The molecule has 2 aromatic rings. The van der Waals surface area contributed by atoms with Crippen LogP contribution >= 0.6 is 0 Å². The number of ketones is 1. The average molecular weight is 311 g/mol. The fraction of sp³-hybridized carbons (Fsp3) is 0.130. The summed E-state index contributed by atoms with van der Waals surface area (Å²) in [5, 5.41) is 0. The van der Waals surface area contributed by atoms with Crippen LogP contribution in [0.15, 0.2) is 60.7 Å². The molecule has 24 heavy (non-hydrogen) atoms. The van der Waals surface area contributed by atoms with Gasteiger partial charge in [0.25, 0.3) is 0 Å². The molecule has 2 aromatic carbocycles. The van der Waals surface area contributed by atoms with Crippen molar-refractivity contribution in [2.45, 2.75) is 6.42 Å². The summed E-state index contributed by atoms with van der Waals surface area (Å²) in [5.41, 5.74) is 3.17. The molecule has 5 radical (unpaired) electrons. The van der Waals surface area contributed by atoms with Crippen molar-refractivity contribution in [1.82, 2.24) is 0 Å². The number of rotatable bonds is 5. The third kappa shape index (κ3) is 3.36. The Morgan fingerprint density at radius 3 is 2.33 bits per heavy atom. The van der Waals surface area contributed by atoms with Crippen LogP contribution in [0, 0.1) is 43.4 Å². The van der Waals surface area contributed by atoms with Crippen LogP contribution in [0.2, 0.25) is 0 Å². The molecule has 0 unspecified atom stereocenters. The average Bonchev–Trinajstić information content (AvgIpc) is 3.21. The molecule has 0 spiro atoms. The lowest BCUT2D eigenvalue weighted by Crippen LogP contribution is -2.04. The number of carbonyl (C=O) groups is 1. The zero-order chi connectivity index (χ0) is 16.4. The first-order chi connectivity index (χ1) is 11.8. The Balaban J connectivity index is 1.37. The molecule has 2 aliphatic rings. The summed E-state index contributed by atoms with van der Waals surface area (Å²) in [4.78, 5) is 12.6. The highest BCUT2D eigenvalue weighted by Crippen LogP contribution is 2.42. The number of Topliss-reactive ketones (excluding diaryl/α,β-unsaturated/α-hetero) is 1. The molecule has 0 aliphatic heterocycles. The Hall–Kier alpha value is -2.15. The highest BCUT2D eigenvalue weighted by atomic mass is 16.1. The van der Waals surface area contributed by atoms with E-state index in [2.05, 4.69) is 37.1 Å². The van der Waals surface area contributed by atoms with Crippen LogP contribution in [-0.4, -0.2) is 5.78 Å². The number of hydrogen-bond acceptors (Lipinski definition) is 1. The summed E-state index contributed by atoms with van der Waals surface area (Å²) in [6, 6.07) is 18.2. The molecule has 2 saturated carbocycles. The van der Waals surface area contributed by atoms with Crippen LogP contribution < -0.4 is 0 Å². The van der Waals surface area contributed by atoms with Crippen LogP contribution in [0.5, 0.6) is 0 Å². The predicted molar refractivity (Wildman–Crippen MR) is 97.4 cm³/mol. The fourth-order valence-electron chi connectivity index (χ4n) is 3.14. The maximum absolute atomic E-state index is 12.6. The molecule has 4 rings (SSSR count). The first kappa shape index (κ1) is 15.4. The summed E-state index contributed by atoms with van der Waals surface area (Å²) in [6.07, 6.45) is 13.5. The van der Waals surface area contributed by atoms with Gasteiger partial charge in [-0.15, -0.1) is 0 Å². The van der Waals surface area contributed by atoms with Gasteiger partial charge in [0.1, 0.15) is 0 Å². The zero-order valence-electron chi connectivity index (χ0n) is 13.4. The molecule has 1 nitrogen and oxygen atoms in total. The van der Waals surface area contributed by atoms with E-state index >= 15 is 0 Å². The third-order valence-electron chi connectivity index (χ3n) is 4.68. The summed E-state index contributed by atoms with van der Waals surface area (Å²) in [6.45, 7) is 0. The Morgan fingerprint density at radius 1 is 0.917 bits per heavy atom. The van der Waals surface area contributed by atoms with E-state index < -0.39 is 0 Å². The van der Waals surface area contributed by atoms with Gasteiger partial charge < -0.3 is 0 Å². The molecule has 0 bridgehead atoms. The maximum atomic E-state index is 12.6. The van der Waals surface area contributed by atoms with E-state index in [1.54, 1.807) is 0 Å². The molecule has 0 saturated heterocycles. The lowest BCUT2D eigenvalue weighted by Gasteiger charge is -2.08. The van der Waals surface area contributed by atoms with Crippen molar-refractivity contribution < 1.29 is 4.79 Å². The van der Waals surface area contributed by atoms with E-state index in [4.69, 9.17) is 0 Å². The minimum Gasteiger partial charge on any atom is -0.294 e. The largest absolute Gasteiger partial charge is 0.294 e. The van der Waals surface area contributed by atoms with Gasteiger partial charge in [-0.2, -0.15) is 0 Å². The van der Waals surface area contributed by atoms with Crippen molar-refractivity contribution in [3.63, 3.8) is 0 Å². The first-order valence-electron chi connectivity index (χ1n) is 8.41. The molecule has 2 atom stereocenters.